The molecule has 6 nitrogen and oxygen atoms in total. The van der Waals surface area contributed by atoms with Crippen LogP contribution in [-0.4, -0.2) is 24.7 Å². The molecule has 0 aromatic heterocycles. The minimum absolute atomic E-state index is 0.338. The van der Waals surface area contributed by atoms with E-state index in [0.717, 1.165) is 11.1 Å². The Morgan fingerprint density at radius 1 is 0.903 bits per heavy atom. The van der Waals surface area contributed by atoms with Crippen LogP contribution >= 0.6 is 0 Å². The average molecular weight is 414 g/mol. The summed E-state index contributed by atoms with van der Waals surface area (Å²) >= 11 is 0. The normalized spacial score (nSPS) is 10.5. The molecule has 3 rings (SSSR count). The van der Waals surface area contributed by atoms with Crippen molar-refractivity contribution >= 4 is 18.1 Å². The van der Waals surface area contributed by atoms with Gasteiger partial charge in [0, 0.05) is 5.56 Å². The summed E-state index contributed by atoms with van der Waals surface area (Å²) in [5, 5.41) is 3.96. The zero-order chi connectivity index (χ0) is 22.1. The van der Waals surface area contributed by atoms with Gasteiger partial charge in [-0.25, -0.2) is 10.2 Å². The standard InChI is InChI=1S/C25H22N2O4/c1-3-16-30-22-14-10-20(11-15-22)24(28)27-26-17-19-6-12-23(13-7-19)31-25(29)21-8-4-18(2)5-9-21/h3-15,17H,1,16H2,2H3,(H,27,28). The van der Waals surface area contributed by atoms with E-state index in [2.05, 4.69) is 17.1 Å². The van der Waals surface area contributed by atoms with Crippen molar-refractivity contribution in [3.05, 3.63) is 108 Å². The number of hydrogen-bond acceptors (Lipinski definition) is 5. The first-order valence-corrected chi connectivity index (χ1v) is 9.61. The van der Waals surface area contributed by atoms with Crippen LogP contribution in [0.4, 0.5) is 0 Å². The van der Waals surface area contributed by atoms with Crippen LogP contribution in [-0.2, 0) is 0 Å². The Balaban J connectivity index is 1.52. The summed E-state index contributed by atoms with van der Waals surface area (Å²) < 4.78 is 10.7. The Morgan fingerprint density at radius 3 is 2.16 bits per heavy atom. The minimum Gasteiger partial charge on any atom is -0.490 e. The van der Waals surface area contributed by atoms with Gasteiger partial charge in [-0.15, -0.1) is 0 Å². The second-order valence-corrected chi connectivity index (χ2v) is 6.65. The van der Waals surface area contributed by atoms with Crippen LogP contribution in [0.3, 0.4) is 0 Å². The summed E-state index contributed by atoms with van der Waals surface area (Å²) in [6, 6.07) is 20.7. The zero-order valence-electron chi connectivity index (χ0n) is 17.1. The molecule has 1 N–H and O–H groups in total. The molecule has 31 heavy (non-hydrogen) atoms. The summed E-state index contributed by atoms with van der Waals surface area (Å²) in [5.74, 6) is 0.318. The molecule has 0 unspecified atom stereocenters. The van der Waals surface area contributed by atoms with Gasteiger partial charge in [0.25, 0.3) is 5.91 Å². The molecule has 3 aromatic rings. The number of esters is 1. The van der Waals surface area contributed by atoms with E-state index in [0.29, 0.717) is 29.2 Å². The number of carbonyl (C=O) groups excluding carboxylic acids is 2. The average Bonchev–Trinajstić information content (AvgIpc) is 2.79. The van der Waals surface area contributed by atoms with Crippen LogP contribution < -0.4 is 14.9 Å². The number of hydrogen-bond donors (Lipinski definition) is 1. The first-order valence-electron chi connectivity index (χ1n) is 9.61. The van der Waals surface area contributed by atoms with Crippen molar-refractivity contribution in [1.29, 1.82) is 0 Å². The lowest BCUT2D eigenvalue weighted by Crippen LogP contribution is -2.17. The van der Waals surface area contributed by atoms with Gasteiger partial charge < -0.3 is 9.47 Å². The first-order chi connectivity index (χ1) is 15.0. The lowest BCUT2D eigenvalue weighted by atomic mass is 10.1. The topological polar surface area (TPSA) is 77.0 Å². The van der Waals surface area contributed by atoms with E-state index in [1.807, 2.05) is 19.1 Å². The molecule has 0 aliphatic carbocycles. The number of rotatable bonds is 8. The Hall–Kier alpha value is -4.19. The van der Waals surface area contributed by atoms with Crippen molar-refractivity contribution in [3.8, 4) is 11.5 Å². The summed E-state index contributed by atoms with van der Waals surface area (Å²) in [5.41, 5.74) is 5.23. The number of hydrazone groups is 1. The van der Waals surface area contributed by atoms with E-state index in [1.165, 1.54) is 6.21 Å². The van der Waals surface area contributed by atoms with Gasteiger partial charge in [0.2, 0.25) is 0 Å². The zero-order valence-corrected chi connectivity index (χ0v) is 17.1. The third-order valence-electron chi connectivity index (χ3n) is 4.24. The molecular formula is C25H22N2O4. The van der Waals surface area contributed by atoms with Gasteiger partial charge in [-0.05, 0) is 73.2 Å². The highest BCUT2D eigenvalue weighted by molar-refractivity contribution is 5.95. The number of carbonyl (C=O) groups is 2. The number of benzene rings is 3. The van der Waals surface area contributed by atoms with Crippen LogP contribution in [0.1, 0.15) is 31.8 Å². The van der Waals surface area contributed by atoms with Crippen LogP contribution in [0.5, 0.6) is 11.5 Å². The van der Waals surface area contributed by atoms with Gasteiger partial charge in [0.1, 0.15) is 18.1 Å². The molecule has 0 fully saturated rings. The van der Waals surface area contributed by atoms with E-state index >= 15 is 0 Å². The molecule has 3 aromatic carbocycles. The third kappa shape index (κ3) is 6.40. The van der Waals surface area contributed by atoms with Crippen LogP contribution in [0.25, 0.3) is 0 Å². The molecule has 0 aliphatic heterocycles. The molecule has 0 saturated carbocycles. The quantitative estimate of drug-likeness (QED) is 0.193. The van der Waals surface area contributed by atoms with Crippen molar-refractivity contribution < 1.29 is 19.1 Å². The fourth-order valence-corrected chi connectivity index (χ4v) is 2.57. The molecule has 0 radical (unpaired) electrons. The predicted molar refractivity (Wildman–Crippen MR) is 120 cm³/mol. The van der Waals surface area contributed by atoms with Crippen molar-refractivity contribution in [3.63, 3.8) is 0 Å². The Morgan fingerprint density at radius 2 is 1.52 bits per heavy atom. The van der Waals surface area contributed by atoms with Gasteiger partial charge >= 0.3 is 5.97 Å². The molecule has 1 amide bonds. The van der Waals surface area contributed by atoms with E-state index in [-0.39, 0.29) is 5.91 Å². The number of ether oxygens (including phenoxy) is 2. The Bertz CT molecular complexity index is 1070. The highest BCUT2D eigenvalue weighted by Gasteiger charge is 2.08. The fraction of sp³-hybridized carbons (Fsp3) is 0.0800. The molecule has 156 valence electrons. The second kappa shape index (κ2) is 10.5. The SMILES string of the molecule is C=CCOc1ccc(C(=O)NN=Cc2ccc(OC(=O)c3ccc(C)cc3)cc2)cc1. The summed E-state index contributed by atoms with van der Waals surface area (Å²) in [4.78, 5) is 24.3. The van der Waals surface area contributed by atoms with E-state index in [4.69, 9.17) is 9.47 Å². The molecule has 0 spiro atoms. The van der Waals surface area contributed by atoms with Gasteiger partial charge in [-0.2, -0.15) is 5.10 Å². The maximum Gasteiger partial charge on any atom is 0.343 e. The summed E-state index contributed by atoms with van der Waals surface area (Å²) in [6.45, 7) is 5.94. The maximum atomic E-state index is 12.2. The third-order valence-corrected chi connectivity index (χ3v) is 4.24. The van der Waals surface area contributed by atoms with Gasteiger partial charge in [0.15, 0.2) is 0 Å². The molecule has 0 atom stereocenters. The highest BCUT2D eigenvalue weighted by Crippen LogP contribution is 2.14. The molecular weight excluding hydrogens is 392 g/mol. The van der Waals surface area contributed by atoms with E-state index in [1.54, 1.807) is 66.7 Å². The maximum absolute atomic E-state index is 12.2. The van der Waals surface area contributed by atoms with E-state index in [9.17, 15) is 9.59 Å². The van der Waals surface area contributed by atoms with E-state index < -0.39 is 5.97 Å². The van der Waals surface area contributed by atoms with Gasteiger partial charge in [-0.3, -0.25) is 4.79 Å². The Kier molecular flexibility index (Phi) is 7.32. The summed E-state index contributed by atoms with van der Waals surface area (Å²) in [6.07, 6.45) is 3.15. The molecule has 0 saturated heterocycles. The monoisotopic (exact) mass is 414 g/mol. The van der Waals surface area contributed by atoms with Crippen LogP contribution in [0, 0.1) is 6.92 Å². The van der Waals surface area contributed by atoms with Gasteiger partial charge in [-0.1, -0.05) is 30.4 Å². The van der Waals surface area contributed by atoms with Crippen molar-refractivity contribution in [2.75, 3.05) is 6.61 Å². The molecule has 0 heterocycles. The number of amides is 1. The molecule has 6 heteroatoms. The Labute approximate surface area is 180 Å². The van der Waals surface area contributed by atoms with Gasteiger partial charge in [0.05, 0.1) is 11.8 Å². The minimum atomic E-state index is -0.422. The fourth-order valence-electron chi connectivity index (χ4n) is 2.57. The largest absolute Gasteiger partial charge is 0.490 e. The van der Waals surface area contributed by atoms with Crippen LogP contribution in [0.15, 0.2) is 90.6 Å². The van der Waals surface area contributed by atoms with Crippen molar-refractivity contribution in [2.24, 2.45) is 5.10 Å². The predicted octanol–water partition coefficient (Wildman–Crippen LogP) is 4.54. The molecule has 0 bridgehead atoms. The van der Waals surface area contributed by atoms with Crippen molar-refractivity contribution in [1.82, 2.24) is 5.43 Å². The molecule has 0 aliphatic rings. The smallest absolute Gasteiger partial charge is 0.343 e. The number of nitrogens with one attached hydrogen (secondary N) is 1. The lowest BCUT2D eigenvalue weighted by molar-refractivity contribution is 0.0734. The van der Waals surface area contributed by atoms with Crippen molar-refractivity contribution in [2.45, 2.75) is 6.92 Å². The second-order valence-electron chi connectivity index (χ2n) is 6.65. The summed E-state index contributed by atoms with van der Waals surface area (Å²) in [7, 11) is 0. The lowest BCUT2D eigenvalue weighted by Gasteiger charge is -2.05. The first kappa shape index (κ1) is 21.5. The number of nitrogens with zero attached hydrogens (tertiary/aromatic N) is 1. The van der Waals surface area contributed by atoms with Crippen LogP contribution in [0.2, 0.25) is 0 Å². The highest BCUT2D eigenvalue weighted by atomic mass is 16.5. The number of aryl methyl sites for hydroxylation is 1.